The fraction of sp³-hybridized carbons (Fsp3) is 0.650. The SMILES string of the molecule is CC(C)(C)OC(=O)c1ccccc1OC(F)C1CCNCC1C1CC1. The number of ether oxygens (including phenoxy) is 2. The minimum atomic E-state index is -1.41. The van der Waals surface area contributed by atoms with Crippen molar-refractivity contribution in [1.29, 1.82) is 0 Å². The van der Waals surface area contributed by atoms with Crippen molar-refractivity contribution in [2.45, 2.75) is 52.0 Å². The zero-order valence-corrected chi connectivity index (χ0v) is 15.3. The Morgan fingerprint density at radius 1 is 1.24 bits per heavy atom. The molecule has 1 aliphatic carbocycles. The third-order valence-electron chi connectivity index (χ3n) is 4.89. The lowest BCUT2D eigenvalue weighted by Crippen LogP contribution is -2.43. The van der Waals surface area contributed by atoms with E-state index in [1.165, 1.54) is 12.8 Å². The molecule has 1 saturated carbocycles. The number of alkyl halides is 1. The zero-order chi connectivity index (χ0) is 18.0. The van der Waals surface area contributed by atoms with Gasteiger partial charge in [0.25, 0.3) is 0 Å². The summed E-state index contributed by atoms with van der Waals surface area (Å²) in [5, 5.41) is 3.36. The van der Waals surface area contributed by atoms with Gasteiger partial charge in [0.2, 0.25) is 6.36 Å². The quantitative estimate of drug-likeness (QED) is 0.818. The van der Waals surface area contributed by atoms with Crippen LogP contribution in [0.5, 0.6) is 5.75 Å². The van der Waals surface area contributed by atoms with Gasteiger partial charge in [-0.15, -0.1) is 0 Å². The van der Waals surface area contributed by atoms with Crippen LogP contribution in [0.1, 0.15) is 50.4 Å². The second-order valence-electron chi connectivity index (χ2n) is 8.12. The molecule has 3 atom stereocenters. The van der Waals surface area contributed by atoms with E-state index in [0.717, 1.165) is 19.5 Å². The summed E-state index contributed by atoms with van der Waals surface area (Å²) in [7, 11) is 0. The monoisotopic (exact) mass is 349 g/mol. The van der Waals surface area contributed by atoms with Crippen LogP contribution >= 0.6 is 0 Å². The van der Waals surface area contributed by atoms with E-state index in [-0.39, 0.29) is 17.2 Å². The Morgan fingerprint density at radius 2 is 1.96 bits per heavy atom. The van der Waals surface area contributed by atoms with Crippen LogP contribution in [0, 0.1) is 17.8 Å². The van der Waals surface area contributed by atoms with Gasteiger partial charge in [-0.1, -0.05) is 12.1 Å². The van der Waals surface area contributed by atoms with Crippen molar-refractivity contribution < 1.29 is 18.7 Å². The predicted octanol–water partition coefficient (Wildman–Crippen LogP) is 3.95. The number of esters is 1. The lowest BCUT2D eigenvalue weighted by Gasteiger charge is -2.34. The van der Waals surface area contributed by atoms with Crippen molar-refractivity contribution in [2.75, 3.05) is 13.1 Å². The molecule has 25 heavy (non-hydrogen) atoms. The number of hydrogen-bond donors (Lipinski definition) is 1. The summed E-state index contributed by atoms with van der Waals surface area (Å²) in [6.07, 6.45) is 1.72. The van der Waals surface area contributed by atoms with Gasteiger partial charge in [-0.05, 0) is 77.1 Å². The molecule has 0 spiro atoms. The first kappa shape index (κ1) is 18.2. The Kier molecular flexibility index (Phi) is 5.32. The van der Waals surface area contributed by atoms with E-state index in [4.69, 9.17) is 9.47 Å². The van der Waals surface area contributed by atoms with E-state index < -0.39 is 17.9 Å². The molecule has 1 aromatic rings. The van der Waals surface area contributed by atoms with Gasteiger partial charge < -0.3 is 14.8 Å². The number of halogens is 1. The number of para-hydroxylation sites is 1. The maximum atomic E-state index is 15.0. The van der Waals surface area contributed by atoms with E-state index in [9.17, 15) is 9.18 Å². The minimum absolute atomic E-state index is 0.125. The van der Waals surface area contributed by atoms with Gasteiger partial charge in [0.15, 0.2) is 0 Å². The summed E-state index contributed by atoms with van der Waals surface area (Å²) < 4.78 is 26.0. The van der Waals surface area contributed by atoms with E-state index in [1.54, 1.807) is 24.3 Å². The highest BCUT2D eigenvalue weighted by Crippen LogP contribution is 2.44. The number of rotatable bonds is 5. The Bertz CT molecular complexity index is 609. The summed E-state index contributed by atoms with van der Waals surface area (Å²) >= 11 is 0. The molecule has 1 saturated heterocycles. The number of benzene rings is 1. The highest BCUT2D eigenvalue weighted by atomic mass is 19.1. The third-order valence-corrected chi connectivity index (χ3v) is 4.89. The number of piperidine rings is 1. The molecule has 4 nitrogen and oxygen atoms in total. The predicted molar refractivity (Wildman–Crippen MR) is 94.3 cm³/mol. The van der Waals surface area contributed by atoms with E-state index in [0.29, 0.717) is 11.8 Å². The average Bonchev–Trinajstić information content (AvgIpc) is 3.38. The highest BCUT2D eigenvalue weighted by Gasteiger charge is 2.42. The second kappa shape index (κ2) is 7.32. The Balaban J connectivity index is 1.72. The van der Waals surface area contributed by atoms with Gasteiger partial charge in [0, 0.05) is 5.92 Å². The first-order chi connectivity index (χ1) is 11.8. The highest BCUT2D eigenvalue weighted by molar-refractivity contribution is 5.92. The van der Waals surface area contributed by atoms with Gasteiger partial charge in [0.05, 0.1) is 0 Å². The zero-order valence-electron chi connectivity index (χ0n) is 15.3. The fourth-order valence-corrected chi connectivity index (χ4v) is 3.55. The number of nitrogens with one attached hydrogen (secondary N) is 1. The van der Waals surface area contributed by atoms with Crippen LogP contribution in [-0.4, -0.2) is 31.0 Å². The summed E-state index contributed by atoms with van der Waals surface area (Å²) in [5.74, 6) is 0.579. The molecular weight excluding hydrogens is 321 g/mol. The summed E-state index contributed by atoms with van der Waals surface area (Å²) in [4.78, 5) is 12.4. The van der Waals surface area contributed by atoms with E-state index in [1.807, 2.05) is 20.8 Å². The Morgan fingerprint density at radius 3 is 2.64 bits per heavy atom. The van der Waals surface area contributed by atoms with Crippen molar-refractivity contribution >= 4 is 5.97 Å². The number of hydrogen-bond acceptors (Lipinski definition) is 4. The molecule has 0 aromatic heterocycles. The van der Waals surface area contributed by atoms with E-state index in [2.05, 4.69) is 5.32 Å². The molecule has 3 unspecified atom stereocenters. The van der Waals surface area contributed by atoms with Crippen molar-refractivity contribution in [3.8, 4) is 5.75 Å². The molecule has 1 aliphatic heterocycles. The van der Waals surface area contributed by atoms with Gasteiger partial charge in [0.1, 0.15) is 16.9 Å². The normalized spacial score (nSPS) is 25.3. The van der Waals surface area contributed by atoms with Crippen LogP contribution in [-0.2, 0) is 4.74 Å². The molecule has 2 fully saturated rings. The van der Waals surface area contributed by atoms with Gasteiger partial charge in [-0.3, -0.25) is 0 Å². The summed E-state index contributed by atoms with van der Waals surface area (Å²) in [6, 6.07) is 6.74. The molecule has 1 heterocycles. The number of carbonyl (C=O) groups is 1. The first-order valence-corrected chi connectivity index (χ1v) is 9.19. The summed E-state index contributed by atoms with van der Waals surface area (Å²) in [6.45, 7) is 7.09. The van der Waals surface area contributed by atoms with Crippen LogP contribution in [0.2, 0.25) is 0 Å². The van der Waals surface area contributed by atoms with Crippen molar-refractivity contribution in [2.24, 2.45) is 17.8 Å². The molecule has 0 amide bonds. The van der Waals surface area contributed by atoms with Crippen molar-refractivity contribution in [3.05, 3.63) is 29.8 Å². The van der Waals surface area contributed by atoms with Crippen LogP contribution in [0.15, 0.2) is 24.3 Å². The molecule has 1 aromatic carbocycles. The topological polar surface area (TPSA) is 47.6 Å². The Hall–Kier alpha value is -1.62. The molecule has 5 heteroatoms. The molecule has 1 N–H and O–H groups in total. The van der Waals surface area contributed by atoms with Gasteiger partial charge >= 0.3 is 5.97 Å². The van der Waals surface area contributed by atoms with Crippen molar-refractivity contribution in [1.82, 2.24) is 5.32 Å². The largest absolute Gasteiger partial charge is 0.459 e. The van der Waals surface area contributed by atoms with E-state index >= 15 is 0 Å². The van der Waals surface area contributed by atoms with Crippen LogP contribution in [0.3, 0.4) is 0 Å². The lowest BCUT2D eigenvalue weighted by molar-refractivity contribution is -0.0300. The van der Waals surface area contributed by atoms with Crippen LogP contribution < -0.4 is 10.1 Å². The molecule has 3 rings (SSSR count). The lowest BCUT2D eigenvalue weighted by atomic mass is 9.83. The average molecular weight is 349 g/mol. The molecule has 0 bridgehead atoms. The van der Waals surface area contributed by atoms with Crippen LogP contribution in [0.4, 0.5) is 4.39 Å². The maximum absolute atomic E-state index is 15.0. The molecule has 2 aliphatic rings. The first-order valence-electron chi connectivity index (χ1n) is 9.19. The van der Waals surface area contributed by atoms with Gasteiger partial charge in [-0.2, -0.15) is 0 Å². The molecule has 0 radical (unpaired) electrons. The van der Waals surface area contributed by atoms with Crippen molar-refractivity contribution in [3.63, 3.8) is 0 Å². The number of carbonyl (C=O) groups excluding carboxylic acids is 1. The standard InChI is InChI=1S/C20H28FNO3/c1-20(2,3)25-19(23)15-6-4-5-7-17(15)24-18(21)14-10-11-22-12-16(14)13-8-9-13/h4-7,13-14,16,18,22H,8-12H2,1-3H3. The fourth-order valence-electron chi connectivity index (χ4n) is 3.55. The van der Waals surface area contributed by atoms with Gasteiger partial charge in [-0.25, -0.2) is 9.18 Å². The second-order valence-corrected chi connectivity index (χ2v) is 8.12. The summed E-state index contributed by atoms with van der Waals surface area (Å²) in [5.41, 5.74) is -0.331. The van der Waals surface area contributed by atoms with Crippen LogP contribution in [0.25, 0.3) is 0 Å². The molecular formula is C20H28FNO3. The Labute approximate surface area is 149 Å². The maximum Gasteiger partial charge on any atom is 0.342 e. The smallest absolute Gasteiger partial charge is 0.342 e. The minimum Gasteiger partial charge on any atom is -0.459 e. The molecule has 138 valence electrons. The third kappa shape index (κ3) is 4.72.